The van der Waals surface area contributed by atoms with E-state index in [1.54, 1.807) is 0 Å². The minimum atomic E-state index is -4.52. The lowest BCUT2D eigenvalue weighted by Crippen LogP contribution is -2.27. The van der Waals surface area contributed by atoms with Gasteiger partial charge in [-0.05, 0) is 30.6 Å². The Morgan fingerprint density at radius 3 is 2.50 bits per heavy atom. The summed E-state index contributed by atoms with van der Waals surface area (Å²) in [5.41, 5.74) is 5.91. The number of hydrogen-bond acceptors (Lipinski definition) is 4. The Balaban J connectivity index is 1.67. The van der Waals surface area contributed by atoms with E-state index in [2.05, 4.69) is 9.97 Å². The van der Waals surface area contributed by atoms with Crippen molar-refractivity contribution >= 4 is 11.6 Å². The molecule has 3 rings (SSSR count). The quantitative estimate of drug-likeness (QED) is 0.922. The van der Waals surface area contributed by atoms with E-state index < -0.39 is 12.0 Å². The minimum absolute atomic E-state index is 0.00729. The van der Waals surface area contributed by atoms with Crippen LogP contribution in [-0.4, -0.2) is 29.0 Å². The van der Waals surface area contributed by atoms with E-state index >= 15 is 0 Å². The fourth-order valence-electron chi connectivity index (χ4n) is 3.36. The molecule has 5 nitrogen and oxygen atoms in total. The molecule has 0 aromatic carbocycles. The third kappa shape index (κ3) is 2.86. The van der Waals surface area contributed by atoms with E-state index in [4.69, 9.17) is 5.73 Å². The predicted molar refractivity (Wildman–Crippen MR) is 72.8 cm³/mol. The standard InChI is InChI=1S/C14H17F3N4O/c15-14(16,17)12-19-6-10(7-20-12)21-4-1-9(8-21)13(2-3-13)5-11(18)22/h6-7,9H,1-5,8H2,(H2,18,22)/t9-/m0/s1. The van der Waals surface area contributed by atoms with E-state index in [-0.39, 0.29) is 11.3 Å². The fraction of sp³-hybridized carbons (Fsp3) is 0.643. The van der Waals surface area contributed by atoms with Crippen molar-refractivity contribution in [3.63, 3.8) is 0 Å². The Bertz CT molecular complexity index is 568. The number of alkyl halides is 3. The highest BCUT2D eigenvalue weighted by Crippen LogP contribution is 2.57. The first-order valence-electron chi connectivity index (χ1n) is 7.23. The molecule has 0 spiro atoms. The highest BCUT2D eigenvalue weighted by atomic mass is 19.4. The van der Waals surface area contributed by atoms with Crippen molar-refractivity contribution in [2.45, 2.75) is 31.9 Å². The van der Waals surface area contributed by atoms with Crippen LogP contribution in [0.1, 0.15) is 31.5 Å². The topological polar surface area (TPSA) is 72.1 Å². The number of anilines is 1. The predicted octanol–water partition coefficient (Wildman–Crippen LogP) is 1.98. The molecular weight excluding hydrogens is 297 g/mol. The molecule has 120 valence electrons. The summed E-state index contributed by atoms with van der Waals surface area (Å²) < 4.78 is 37.4. The molecule has 8 heteroatoms. The van der Waals surface area contributed by atoms with Gasteiger partial charge in [-0.25, -0.2) is 9.97 Å². The highest BCUT2D eigenvalue weighted by Gasteiger charge is 2.51. The number of carbonyl (C=O) groups excluding carboxylic acids is 1. The second-order valence-electron chi connectivity index (χ2n) is 6.20. The van der Waals surface area contributed by atoms with E-state index in [9.17, 15) is 18.0 Å². The monoisotopic (exact) mass is 314 g/mol. The second-order valence-corrected chi connectivity index (χ2v) is 6.20. The van der Waals surface area contributed by atoms with Crippen LogP contribution in [0, 0.1) is 11.3 Å². The SMILES string of the molecule is NC(=O)CC1([C@H]2CCN(c3cnc(C(F)(F)F)nc3)C2)CC1. The first-order chi connectivity index (χ1) is 10.3. The van der Waals surface area contributed by atoms with Crippen LogP contribution in [0.25, 0.3) is 0 Å². The van der Waals surface area contributed by atoms with Gasteiger partial charge in [0.1, 0.15) is 0 Å². The van der Waals surface area contributed by atoms with Crippen molar-refractivity contribution in [3.05, 3.63) is 18.2 Å². The number of primary amides is 1. The van der Waals surface area contributed by atoms with Crippen molar-refractivity contribution in [3.8, 4) is 0 Å². The molecule has 2 fully saturated rings. The zero-order chi connectivity index (χ0) is 16.0. The van der Waals surface area contributed by atoms with Gasteiger partial charge in [-0.1, -0.05) is 0 Å². The maximum atomic E-state index is 12.5. The smallest absolute Gasteiger partial charge is 0.370 e. The Labute approximate surface area is 125 Å². The Morgan fingerprint density at radius 1 is 1.36 bits per heavy atom. The largest absolute Gasteiger partial charge is 0.451 e. The molecular formula is C14H17F3N4O. The Morgan fingerprint density at radius 2 is 2.00 bits per heavy atom. The number of aromatic nitrogens is 2. The average molecular weight is 314 g/mol. The summed E-state index contributed by atoms with van der Waals surface area (Å²) in [4.78, 5) is 19.9. The van der Waals surface area contributed by atoms with Gasteiger partial charge in [-0.2, -0.15) is 13.2 Å². The van der Waals surface area contributed by atoms with E-state index in [0.29, 0.717) is 24.6 Å². The maximum Gasteiger partial charge on any atom is 0.451 e. The average Bonchev–Trinajstić information content (AvgIpc) is 3.02. The number of halogens is 3. The van der Waals surface area contributed by atoms with Gasteiger partial charge in [0.25, 0.3) is 0 Å². The molecule has 0 bridgehead atoms. The lowest BCUT2D eigenvalue weighted by atomic mass is 9.85. The van der Waals surface area contributed by atoms with E-state index in [1.165, 1.54) is 12.4 Å². The van der Waals surface area contributed by atoms with Gasteiger partial charge in [0.15, 0.2) is 0 Å². The molecule has 0 unspecified atom stereocenters. The second kappa shape index (κ2) is 5.10. The van der Waals surface area contributed by atoms with Gasteiger partial charge >= 0.3 is 6.18 Å². The summed E-state index contributed by atoms with van der Waals surface area (Å²) >= 11 is 0. The van der Waals surface area contributed by atoms with Crippen LogP contribution in [0.4, 0.5) is 18.9 Å². The number of rotatable bonds is 4. The minimum Gasteiger partial charge on any atom is -0.370 e. The van der Waals surface area contributed by atoms with Crippen LogP contribution in [0.2, 0.25) is 0 Å². The number of nitrogens with two attached hydrogens (primary N) is 1. The molecule has 0 radical (unpaired) electrons. The molecule has 1 atom stereocenters. The summed E-state index contributed by atoms with van der Waals surface area (Å²) in [6.45, 7) is 1.45. The highest BCUT2D eigenvalue weighted by molar-refractivity contribution is 5.75. The van der Waals surface area contributed by atoms with Crippen molar-refractivity contribution in [1.82, 2.24) is 9.97 Å². The Hall–Kier alpha value is -1.86. The van der Waals surface area contributed by atoms with E-state index in [1.807, 2.05) is 4.90 Å². The van der Waals surface area contributed by atoms with Gasteiger partial charge in [-0.15, -0.1) is 0 Å². The normalized spacial score (nSPS) is 23.6. The number of nitrogens with zero attached hydrogens (tertiary/aromatic N) is 3. The molecule has 1 aliphatic carbocycles. The molecule has 1 amide bonds. The van der Waals surface area contributed by atoms with Crippen LogP contribution >= 0.6 is 0 Å². The molecule has 2 aliphatic rings. The molecule has 1 saturated heterocycles. The lowest BCUT2D eigenvalue weighted by molar-refractivity contribution is -0.145. The molecule has 1 aromatic rings. The van der Waals surface area contributed by atoms with E-state index in [0.717, 1.165) is 25.8 Å². The van der Waals surface area contributed by atoms with Crippen LogP contribution in [0.3, 0.4) is 0 Å². The molecule has 1 aliphatic heterocycles. The third-order valence-electron chi connectivity index (χ3n) is 4.73. The first kappa shape index (κ1) is 15.1. The maximum absolute atomic E-state index is 12.5. The zero-order valence-corrected chi connectivity index (χ0v) is 11.9. The first-order valence-corrected chi connectivity index (χ1v) is 7.23. The summed E-state index contributed by atoms with van der Waals surface area (Å²) in [5, 5.41) is 0. The number of hydrogen-bond donors (Lipinski definition) is 1. The van der Waals surface area contributed by atoms with Crippen molar-refractivity contribution in [2.24, 2.45) is 17.1 Å². The van der Waals surface area contributed by atoms with Gasteiger partial charge in [-0.3, -0.25) is 4.79 Å². The summed E-state index contributed by atoms with van der Waals surface area (Å²) in [6, 6.07) is 0. The molecule has 2 heterocycles. The zero-order valence-electron chi connectivity index (χ0n) is 11.9. The summed E-state index contributed by atoms with van der Waals surface area (Å²) in [7, 11) is 0. The Kier molecular flexibility index (Phi) is 3.49. The molecule has 1 aromatic heterocycles. The molecule has 2 N–H and O–H groups in total. The van der Waals surface area contributed by atoms with Crippen LogP contribution in [0.5, 0.6) is 0 Å². The van der Waals surface area contributed by atoms with Crippen LogP contribution in [0.15, 0.2) is 12.4 Å². The van der Waals surface area contributed by atoms with Gasteiger partial charge in [0, 0.05) is 19.5 Å². The van der Waals surface area contributed by atoms with Gasteiger partial charge in [0.2, 0.25) is 11.7 Å². The number of amides is 1. The van der Waals surface area contributed by atoms with Crippen molar-refractivity contribution < 1.29 is 18.0 Å². The molecule has 1 saturated carbocycles. The van der Waals surface area contributed by atoms with Gasteiger partial charge in [0.05, 0.1) is 18.1 Å². The fourth-order valence-corrected chi connectivity index (χ4v) is 3.36. The van der Waals surface area contributed by atoms with Crippen molar-refractivity contribution in [1.29, 1.82) is 0 Å². The van der Waals surface area contributed by atoms with Gasteiger partial charge < -0.3 is 10.6 Å². The lowest BCUT2D eigenvalue weighted by Gasteiger charge is -2.23. The third-order valence-corrected chi connectivity index (χ3v) is 4.73. The molecule has 22 heavy (non-hydrogen) atoms. The number of carbonyl (C=O) groups is 1. The summed E-state index contributed by atoms with van der Waals surface area (Å²) in [6.07, 6.45) is 1.21. The van der Waals surface area contributed by atoms with Crippen LogP contribution < -0.4 is 10.6 Å². The van der Waals surface area contributed by atoms with Crippen molar-refractivity contribution in [2.75, 3.05) is 18.0 Å². The summed E-state index contributed by atoms with van der Waals surface area (Å²) in [5.74, 6) is -1.06. The van der Waals surface area contributed by atoms with Crippen LogP contribution in [-0.2, 0) is 11.0 Å².